The van der Waals surface area contributed by atoms with Crippen molar-refractivity contribution >= 4 is 23.4 Å². The maximum Gasteiger partial charge on any atom is 0.226 e. The molecule has 1 fully saturated rings. The van der Waals surface area contributed by atoms with Gasteiger partial charge in [-0.05, 0) is 17.7 Å². The summed E-state index contributed by atoms with van der Waals surface area (Å²) < 4.78 is 0. The number of likely N-dealkylation sites (tertiary alicyclic amines) is 1. The molecule has 5 heteroatoms. The summed E-state index contributed by atoms with van der Waals surface area (Å²) in [4.78, 5) is 24.9. The van der Waals surface area contributed by atoms with Gasteiger partial charge in [-0.15, -0.1) is 0 Å². The molecule has 1 aromatic carbocycles. The minimum absolute atomic E-state index is 0.0197. The second-order valence-corrected chi connectivity index (χ2v) is 5.08. The molecule has 1 aromatic rings. The first kappa shape index (κ1) is 12.9. The molecule has 2 amide bonds. The molecular formula is C13H15ClN2O2. The Kier molecular flexibility index (Phi) is 3.57. The molecule has 96 valence electrons. The van der Waals surface area contributed by atoms with Gasteiger partial charge in [-0.3, -0.25) is 9.59 Å². The molecule has 0 bridgehead atoms. The highest BCUT2D eigenvalue weighted by atomic mass is 35.5. The molecule has 0 aliphatic carbocycles. The van der Waals surface area contributed by atoms with E-state index in [4.69, 9.17) is 17.3 Å². The Morgan fingerprint density at radius 3 is 2.56 bits per heavy atom. The average molecular weight is 267 g/mol. The zero-order valence-electron chi connectivity index (χ0n) is 10.1. The Balaban J connectivity index is 2.09. The van der Waals surface area contributed by atoms with Crippen molar-refractivity contribution in [1.29, 1.82) is 0 Å². The molecule has 1 saturated heterocycles. The standard InChI is InChI=1S/C13H15ClN2O2/c1-8-11(12(15)17)7-16(13(8)18)6-9-2-4-10(14)5-3-9/h2-5,8,11H,6-7H2,1H3,(H2,15,17). The van der Waals surface area contributed by atoms with Crippen LogP contribution in [0.15, 0.2) is 24.3 Å². The van der Waals surface area contributed by atoms with E-state index in [1.807, 2.05) is 12.1 Å². The van der Waals surface area contributed by atoms with Crippen molar-refractivity contribution in [3.05, 3.63) is 34.9 Å². The predicted octanol–water partition coefficient (Wildman–Crippen LogP) is 1.42. The number of amides is 2. The number of primary amides is 1. The minimum Gasteiger partial charge on any atom is -0.369 e. The van der Waals surface area contributed by atoms with E-state index < -0.39 is 5.91 Å². The fourth-order valence-electron chi connectivity index (χ4n) is 2.23. The summed E-state index contributed by atoms with van der Waals surface area (Å²) in [5.74, 6) is -1.14. The van der Waals surface area contributed by atoms with Crippen molar-refractivity contribution in [3.8, 4) is 0 Å². The van der Waals surface area contributed by atoms with Crippen LogP contribution in [0, 0.1) is 11.8 Å². The van der Waals surface area contributed by atoms with E-state index in [0.29, 0.717) is 18.1 Å². The number of nitrogens with zero attached hydrogens (tertiary/aromatic N) is 1. The molecule has 2 unspecified atom stereocenters. The van der Waals surface area contributed by atoms with E-state index in [-0.39, 0.29) is 17.7 Å². The molecule has 18 heavy (non-hydrogen) atoms. The second kappa shape index (κ2) is 4.98. The quantitative estimate of drug-likeness (QED) is 0.899. The number of hydrogen-bond donors (Lipinski definition) is 1. The minimum atomic E-state index is -0.408. The van der Waals surface area contributed by atoms with Crippen molar-refractivity contribution in [2.24, 2.45) is 17.6 Å². The summed E-state index contributed by atoms with van der Waals surface area (Å²) >= 11 is 5.80. The van der Waals surface area contributed by atoms with E-state index >= 15 is 0 Å². The van der Waals surface area contributed by atoms with Crippen LogP contribution in [0.5, 0.6) is 0 Å². The Labute approximate surface area is 111 Å². The normalized spacial score (nSPS) is 23.4. The van der Waals surface area contributed by atoms with Crippen LogP contribution in [-0.2, 0) is 16.1 Å². The highest BCUT2D eigenvalue weighted by Crippen LogP contribution is 2.25. The van der Waals surface area contributed by atoms with Gasteiger partial charge in [-0.2, -0.15) is 0 Å². The fraction of sp³-hybridized carbons (Fsp3) is 0.385. The van der Waals surface area contributed by atoms with E-state index in [1.54, 1.807) is 24.0 Å². The lowest BCUT2D eigenvalue weighted by Gasteiger charge is -2.16. The van der Waals surface area contributed by atoms with Crippen molar-refractivity contribution < 1.29 is 9.59 Å². The van der Waals surface area contributed by atoms with Gasteiger partial charge in [0.25, 0.3) is 0 Å². The molecule has 2 atom stereocenters. The molecule has 1 heterocycles. The van der Waals surface area contributed by atoms with E-state index in [2.05, 4.69) is 0 Å². The first-order valence-electron chi connectivity index (χ1n) is 5.81. The van der Waals surface area contributed by atoms with Crippen LogP contribution in [-0.4, -0.2) is 23.3 Å². The molecule has 0 spiro atoms. The third-order valence-electron chi connectivity index (χ3n) is 3.37. The molecule has 2 rings (SSSR count). The van der Waals surface area contributed by atoms with Gasteiger partial charge < -0.3 is 10.6 Å². The summed E-state index contributed by atoms with van der Waals surface area (Å²) in [7, 11) is 0. The number of carbonyl (C=O) groups excluding carboxylic acids is 2. The van der Waals surface area contributed by atoms with E-state index in [1.165, 1.54) is 0 Å². The molecule has 0 saturated carbocycles. The first-order chi connectivity index (χ1) is 8.49. The second-order valence-electron chi connectivity index (χ2n) is 4.64. The van der Waals surface area contributed by atoms with Crippen LogP contribution in [0.2, 0.25) is 5.02 Å². The van der Waals surface area contributed by atoms with Crippen LogP contribution in [0.3, 0.4) is 0 Å². The third kappa shape index (κ3) is 2.48. The highest BCUT2D eigenvalue weighted by molar-refractivity contribution is 6.30. The van der Waals surface area contributed by atoms with Crippen molar-refractivity contribution in [3.63, 3.8) is 0 Å². The van der Waals surface area contributed by atoms with Crippen LogP contribution >= 0.6 is 11.6 Å². The Morgan fingerprint density at radius 1 is 1.44 bits per heavy atom. The number of hydrogen-bond acceptors (Lipinski definition) is 2. The maximum atomic E-state index is 12.0. The fourth-order valence-corrected chi connectivity index (χ4v) is 2.36. The van der Waals surface area contributed by atoms with E-state index in [9.17, 15) is 9.59 Å². The largest absolute Gasteiger partial charge is 0.369 e. The van der Waals surface area contributed by atoms with Gasteiger partial charge in [0.05, 0.1) is 5.92 Å². The summed E-state index contributed by atoms with van der Waals surface area (Å²) in [6.07, 6.45) is 0. The average Bonchev–Trinajstić information content (AvgIpc) is 2.60. The highest BCUT2D eigenvalue weighted by Gasteiger charge is 2.40. The first-order valence-corrected chi connectivity index (χ1v) is 6.19. The number of nitrogens with two attached hydrogens (primary N) is 1. The zero-order chi connectivity index (χ0) is 13.3. The van der Waals surface area contributed by atoms with Gasteiger partial charge in [0.2, 0.25) is 11.8 Å². The lowest BCUT2D eigenvalue weighted by molar-refractivity contribution is -0.132. The molecule has 1 aliphatic heterocycles. The molecule has 4 nitrogen and oxygen atoms in total. The smallest absolute Gasteiger partial charge is 0.226 e. The number of rotatable bonds is 3. The Morgan fingerprint density at radius 2 is 2.06 bits per heavy atom. The Bertz CT molecular complexity index is 472. The van der Waals surface area contributed by atoms with Crippen LogP contribution < -0.4 is 5.73 Å². The van der Waals surface area contributed by atoms with Gasteiger partial charge in [-0.25, -0.2) is 0 Å². The van der Waals surface area contributed by atoms with Crippen LogP contribution in [0.1, 0.15) is 12.5 Å². The molecule has 0 aromatic heterocycles. The SMILES string of the molecule is CC1C(=O)N(Cc2ccc(Cl)cc2)CC1C(N)=O. The topological polar surface area (TPSA) is 63.4 Å². The molecule has 2 N–H and O–H groups in total. The van der Waals surface area contributed by atoms with Crippen LogP contribution in [0.25, 0.3) is 0 Å². The molecular weight excluding hydrogens is 252 g/mol. The van der Waals surface area contributed by atoms with Crippen molar-refractivity contribution in [1.82, 2.24) is 4.90 Å². The van der Waals surface area contributed by atoms with Crippen LogP contribution in [0.4, 0.5) is 0 Å². The van der Waals surface area contributed by atoms with Gasteiger partial charge in [0.15, 0.2) is 0 Å². The van der Waals surface area contributed by atoms with Gasteiger partial charge in [0.1, 0.15) is 0 Å². The summed E-state index contributed by atoms with van der Waals surface area (Å²) in [6, 6.07) is 7.31. The Hall–Kier alpha value is -1.55. The summed E-state index contributed by atoms with van der Waals surface area (Å²) in [5, 5.41) is 0.662. The summed E-state index contributed by atoms with van der Waals surface area (Å²) in [5.41, 5.74) is 6.28. The lowest BCUT2D eigenvalue weighted by Crippen LogP contribution is -2.29. The zero-order valence-corrected chi connectivity index (χ0v) is 10.9. The number of benzene rings is 1. The monoisotopic (exact) mass is 266 g/mol. The molecule has 0 radical (unpaired) electrons. The van der Waals surface area contributed by atoms with Gasteiger partial charge in [-0.1, -0.05) is 30.7 Å². The van der Waals surface area contributed by atoms with Crippen molar-refractivity contribution in [2.45, 2.75) is 13.5 Å². The third-order valence-corrected chi connectivity index (χ3v) is 3.63. The predicted molar refractivity (Wildman–Crippen MR) is 68.7 cm³/mol. The number of carbonyl (C=O) groups is 2. The number of halogens is 1. The van der Waals surface area contributed by atoms with Crippen molar-refractivity contribution in [2.75, 3.05) is 6.54 Å². The van der Waals surface area contributed by atoms with E-state index in [0.717, 1.165) is 5.56 Å². The van der Waals surface area contributed by atoms with Gasteiger partial charge in [0, 0.05) is 24.0 Å². The molecule has 1 aliphatic rings. The van der Waals surface area contributed by atoms with Gasteiger partial charge >= 0.3 is 0 Å². The lowest BCUT2D eigenvalue weighted by atomic mass is 9.97. The summed E-state index contributed by atoms with van der Waals surface area (Å²) in [6.45, 7) is 2.64. The maximum absolute atomic E-state index is 12.0.